The molecule has 1 aliphatic heterocycles. The number of nitrogens with zero attached hydrogens (tertiary/aromatic N) is 3. The van der Waals surface area contributed by atoms with Crippen molar-refractivity contribution >= 4 is 5.91 Å². The molecule has 0 bridgehead atoms. The van der Waals surface area contributed by atoms with E-state index in [0.717, 1.165) is 32.4 Å². The number of carbonyl (C=O) groups is 1. The summed E-state index contributed by atoms with van der Waals surface area (Å²) in [5.74, 6) is 0.620. The van der Waals surface area contributed by atoms with Gasteiger partial charge in [-0.05, 0) is 39.3 Å². The van der Waals surface area contributed by atoms with Crippen LogP contribution in [0.2, 0.25) is 0 Å². The van der Waals surface area contributed by atoms with Gasteiger partial charge in [0.25, 0.3) is 5.91 Å². The van der Waals surface area contributed by atoms with Crippen molar-refractivity contribution in [1.29, 1.82) is 0 Å². The predicted octanol–water partition coefficient (Wildman–Crippen LogP) is 1.02. The highest BCUT2D eigenvalue weighted by Crippen LogP contribution is 2.21. The van der Waals surface area contributed by atoms with E-state index in [1.165, 1.54) is 6.42 Å². The van der Waals surface area contributed by atoms with Gasteiger partial charge in [-0.2, -0.15) is 0 Å². The fourth-order valence-electron chi connectivity index (χ4n) is 2.58. The molecule has 1 aromatic rings. The van der Waals surface area contributed by atoms with Crippen LogP contribution in [0.3, 0.4) is 0 Å². The quantitative estimate of drug-likeness (QED) is 0.868. The average Bonchev–Trinajstić information content (AvgIpc) is 2.82. The van der Waals surface area contributed by atoms with Crippen LogP contribution in [0.15, 0.2) is 12.4 Å². The second-order valence-electron chi connectivity index (χ2n) is 4.90. The summed E-state index contributed by atoms with van der Waals surface area (Å²) in [4.78, 5) is 18.6. The van der Waals surface area contributed by atoms with Crippen molar-refractivity contribution in [2.75, 3.05) is 20.1 Å². The van der Waals surface area contributed by atoms with Gasteiger partial charge in [0, 0.05) is 32.0 Å². The second kappa shape index (κ2) is 6.00. The van der Waals surface area contributed by atoms with Crippen LogP contribution < -0.4 is 5.32 Å². The third-order valence-electron chi connectivity index (χ3n) is 3.63. The highest BCUT2D eigenvalue weighted by molar-refractivity contribution is 5.91. The van der Waals surface area contributed by atoms with Crippen molar-refractivity contribution in [3.63, 3.8) is 0 Å². The lowest BCUT2D eigenvalue weighted by molar-refractivity contribution is 0.0586. The lowest BCUT2D eigenvalue weighted by atomic mass is 9.99. The molecule has 1 aliphatic rings. The minimum Gasteiger partial charge on any atom is -0.333 e. The zero-order chi connectivity index (χ0) is 13.0. The Morgan fingerprint density at radius 1 is 1.56 bits per heavy atom. The van der Waals surface area contributed by atoms with Crippen LogP contribution in [-0.4, -0.2) is 46.5 Å². The maximum absolute atomic E-state index is 12.5. The lowest BCUT2D eigenvalue weighted by Gasteiger charge is -2.35. The van der Waals surface area contributed by atoms with E-state index >= 15 is 0 Å². The molecular formula is C13H22N4O. The standard InChI is InChI=1S/C13H22N4O/c1-14-7-6-11-5-3-4-9-17(11)13(18)12-15-8-10-16(12)2/h8,10-11,14H,3-7,9H2,1-2H3. The van der Waals surface area contributed by atoms with E-state index in [1.54, 1.807) is 10.8 Å². The summed E-state index contributed by atoms with van der Waals surface area (Å²) >= 11 is 0. The minimum atomic E-state index is 0.0725. The van der Waals surface area contributed by atoms with Crippen molar-refractivity contribution in [1.82, 2.24) is 19.8 Å². The van der Waals surface area contributed by atoms with Crippen molar-refractivity contribution in [2.24, 2.45) is 7.05 Å². The van der Waals surface area contributed by atoms with Crippen LogP contribution in [0.5, 0.6) is 0 Å². The maximum atomic E-state index is 12.5. The number of aryl methyl sites for hydroxylation is 1. The smallest absolute Gasteiger partial charge is 0.290 e. The first kappa shape index (κ1) is 13.1. The van der Waals surface area contributed by atoms with E-state index in [9.17, 15) is 4.79 Å². The monoisotopic (exact) mass is 250 g/mol. The number of rotatable bonds is 4. The van der Waals surface area contributed by atoms with E-state index in [4.69, 9.17) is 0 Å². The Bertz CT molecular complexity index is 401. The fourth-order valence-corrected chi connectivity index (χ4v) is 2.58. The van der Waals surface area contributed by atoms with E-state index in [2.05, 4.69) is 10.3 Å². The number of aromatic nitrogens is 2. The normalized spacial score (nSPS) is 20.1. The first-order valence-electron chi connectivity index (χ1n) is 6.67. The van der Waals surface area contributed by atoms with Crippen LogP contribution in [0.25, 0.3) is 0 Å². The number of nitrogens with one attached hydrogen (secondary N) is 1. The van der Waals surface area contributed by atoms with Crippen LogP contribution in [0, 0.1) is 0 Å². The molecule has 0 spiro atoms. The molecule has 5 nitrogen and oxygen atoms in total. The molecule has 1 saturated heterocycles. The summed E-state index contributed by atoms with van der Waals surface area (Å²) in [6.07, 6.45) is 7.95. The number of hydrogen-bond acceptors (Lipinski definition) is 3. The molecular weight excluding hydrogens is 228 g/mol. The Morgan fingerprint density at radius 2 is 2.39 bits per heavy atom. The Morgan fingerprint density at radius 3 is 3.06 bits per heavy atom. The Labute approximate surface area is 108 Å². The summed E-state index contributed by atoms with van der Waals surface area (Å²) in [5.41, 5.74) is 0. The van der Waals surface area contributed by atoms with Gasteiger partial charge < -0.3 is 14.8 Å². The van der Waals surface area contributed by atoms with E-state index in [-0.39, 0.29) is 5.91 Å². The molecule has 0 aliphatic carbocycles. The van der Waals surface area contributed by atoms with Gasteiger partial charge in [-0.1, -0.05) is 0 Å². The molecule has 1 unspecified atom stereocenters. The van der Waals surface area contributed by atoms with Gasteiger partial charge in [-0.25, -0.2) is 4.98 Å². The zero-order valence-corrected chi connectivity index (χ0v) is 11.2. The van der Waals surface area contributed by atoms with Gasteiger partial charge in [-0.3, -0.25) is 4.79 Å². The highest BCUT2D eigenvalue weighted by Gasteiger charge is 2.28. The molecule has 0 saturated carbocycles. The molecule has 5 heteroatoms. The van der Waals surface area contributed by atoms with Gasteiger partial charge >= 0.3 is 0 Å². The first-order chi connectivity index (χ1) is 8.74. The van der Waals surface area contributed by atoms with Crippen molar-refractivity contribution < 1.29 is 4.79 Å². The molecule has 1 aromatic heterocycles. The molecule has 1 amide bonds. The minimum absolute atomic E-state index is 0.0725. The summed E-state index contributed by atoms with van der Waals surface area (Å²) in [6.45, 7) is 1.81. The molecule has 0 radical (unpaired) electrons. The zero-order valence-electron chi connectivity index (χ0n) is 11.2. The molecule has 18 heavy (non-hydrogen) atoms. The molecule has 2 heterocycles. The highest BCUT2D eigenvalue weighted by atomic mass is 16.2. The fraction of sp³-hybridized carbons (Fsp3) is 0.692. The number of carbonyl (C=O) groups excluding carboxylic acids is 1. The SMILES string of the molecule is CNCCC1CCCCN1C(=O)c1nccn1C. The van der Waals surface area contributed by atoms with Crippen LogP contribution in [-0.2, 0) is 7.05 Å². The maximum Gasteiger partial charge on any atom is 0.290 e. The number of likely N-dealkylation sites (tertiary alicyclic amines) is 1. The summed E-state index contributed by atoms with van der Waals surface area (Å²) in [7, 11) is 3.82. The number of amides is 1. The third-order valence-corrected chi connectivity index (χ3v) is 3.63. The molecule has 2 rings (SSSR count). The molecule has 100 valence electrons. The van der Waals surface area contributed by atoms with E-state index in [0.29, 0.717) is 11.9 Å². The Kier molecular flexibility index (Phi) is 4.36. The van der Waals surface area contributed by atoms with Gasteiger partial charge in [0.1, 0.15) is 0 Å². The Hall–Kier alpha value is -1.36. The first-order valence-corrected chi connectivity index (χ1v) is 6.67. The van der Waals surface area contributed by atoms with Crippen molar-refractivity contribution in [3.05, 3.63) is 18.2 Å². The molecule has 1 atom stereocenters. The summed E-state index contributed by atoms with van der Waals surface area (Å²) < 4.78 is 1.80. The van der Waals surface area contributed by atoms with Gasteiger partial charge in [0.2, 0.25) is 0 Å². The van der Waals surface area contributed by atoms with Crippen molar-refractivity contribution in [2.45, 2.75) is 31.7 Å². The molecule has 1 N–H and O–H groups in total. The van der Waals surface area contributed by atoms with E-state index in [1.807, 2.05) is 25.2 Å². The van der Waals surface area contributed by atoms with Gasteiger partial charge in [0.05, 0.1) is 0 Å². The summed E-state index contributed by atoms with van der Waals surface area (Å²) in [6, 6.07) is 0.357. The summed E-state index contributed by atoms with van der Waals surface area (Å²) in [5, 5.41) is 3.16. The topological polar surface area (TPSA) is 50.2 Å². The number of hydrogen-bond donors (Lipinski definition) is 1. The van der Waals surface area contributed by atoms with Crippen LogP contribution >= 0.6 is 0 Å². The van der Waals surface area contributed by atoms with Crippen LogP contribution in [0.4, 0.5) is 0 Å². The third kappa shape index (κ3) is 2.72. The average molecular weight is 250 g/mol. The molecule has 0 aromatic carbocycles. The number of piperidine rings is 1. The van der Waals surface area contributed by atoms with Crippen LogP contribution in [0.1, 0.15) is 36.3 Å². The predicted molar refractivity (Wildman–Crippen MR) is 70.4 cm³/mol. The second-order valence-corrected chi connectivity index (χ2v) is 4.90. The lowest BCUT2D eigenvalue weighted by Crippen LogP contribution is -2.45. The molecule has 1 fully saturated rings. The van der Waals surface area contributed by atoms with Gasteiger partial charge in [-0.15, -0.1) is 0 Å². The van der Waals surface area contributed by atoms with Gasteiger partial charge in [0.15, 0.2) is 5.82 Å². The van der Waals surface area contributed by atoms with Crippen molar-refractivity contribution in [3.8, 4) is 0 Å². The number of imidazole rings is 1. The largest absolute Gasteiger partial charge is 0.333 e. The van der Waals surface area contributed by atoms with E-state index < -0.39 is 0 Å². The Balaban J connectivity index is 2.08.